The van der Waals surface area contributed by atoms with Gasteiger partial charge in [-0.2, -0.15) is 0 Å². The molecule has 36 heavy (non-hydrogen) atoms. The normalized spacial score (nSPS) is 11.2. The predicted octanol–water partition coefficient (Wildman–Crippen LogP) is 9.86. The topological polar surface area (TPSA) is 3.24 Å². The minimum Gasteiger partial charge on any atom is -0.310 e. The van der Waals surface area contributed by atoms with Crippen LogP contribution in [0.2, 0.25) is 0 Å². The summed E-state index contributed by atoms with van der Waals surface area (Å²) in [5.41, 5.74) is 9.43. The molecule has 174 valence electrons. The average Bonchev–Trinajstić information content (AvgIpc) is 2.94. The van der Waals surface area contributed by atoms with Crippen molar-refractivity contribution in [3.8, 4) is 11.1 Å². The van der Waals surface area contributed by atoms with Gasteiger partial charge < -0.3 is 4.90 Å². The van der Waals surface area contributed by atoms with Gasteiger partial charge in [-0.05, 0) is 53.9 Å². The summed E-state index contributed by atoms with van der Waals surface area (Å²) in [6.07, 6.45) is 8.42. The molecule has 0 saturated heterocycles. The lowest BCUT2D eigenvalue weighted by molar-refractivity contribution is 1.27. The van der Waals surface area contributed by atoms with Crippen molar-refractivity contribution in [1.82, 2.24) is 0 Å². The molecule has 0 aliphatic heterocycles. The molecule has 0 N–H and O–H groups in total. The molecule has 1 heteroatoms. The van der Waals surface area contributed by atoms with E-state index in [9.17, 15) is 0 Å². The molecular formula is C35H29N. The first kappa shape index (κ1) is 23.1. The SMILES string of the molecule is Cc1ccc(N(c2ccc(/C=C/C=C/c3ccccc3)cc2)c2ccccc2-c2ccccc2)cc1. The predicted molar refractivity (Wildman–Crippen MR) is 156 cm³/mol. The van der Waals surface area contributed by atoms with Crippen LogP contribution < -0.4 is 4.90 Å². The van der Waals surface area contributed by atoms with Gasteiger partial charge in [0.25, 0.3) is 0 Å². The van der Waals surface area contributed by atoms with E-state index >= 15 is 0 Å². The zero-order chi connectivity index (χ0) is 24.6. The third-order valence-corrected chi connectivity index (χ3v) is 6.16. The Labute approximate surface area is 214 Å². The van der Waals surface area contributed by atoms with Crippen molar-refractivity contribution in [2.24, 2.45) is 0 Å². The minimum atomic E-state index is 1.12. The lowest BCUT2D eigenvalue weighted by Gasteiger charge is -2.28. The fraction of sp³-hybridized carbons (Fsp3) is 0.0286. The summed E-state index contributed by atoms with van der Waals surface area (Å²) in [5, 5.41) is 0. The van der Waals surface area contributed by atoms with Gasteiger partial charge in [-0.3, -0.25) is 0 Å². The van der Waals surface area contributed by atoms with Crippen molar-refractivity contribution in [3.63, 3.8) is 0 Å². The molecule has 0 fully saturated rings. The number of allylic oxidation sites excluding steroid dienone is 2. The molecule has 0 atom stereocenters. The van der Waals surface area contributed by atoms with Gasteiger partial charge in [0, 0.05) is 16.9 Å². The standard InChI is InChI=1S/C35H29N/c1-28-20-24-32(25-21-28)36(35-19-11-10-18-34(35)31-16-6-3-7-17-31)33-26-22-30(23-27-33)15-9-8-14-29-12-4-2-5-13-29/h2-27H,1H3/b14-8+,15-9+. The van der Waals surface area contributed by atoms with E-state index in [1.807, 2.05) is 6.07 Å². The number of hydrogen-bond acceptors (Lipinski definition) is 1. The first-order chi connectivity index (χ1) is 17.8. The second-order valence-corrected chi connectivity index (χ2v) is 8.77. The van der Waals surface area contributed by atoms with Crippen LogP contribution in [0.15, 0.2) is 146 Å². The van der Waals surface area contributed by atoms with E-state index in [0.717, 1.165) is 22.6 Å². The van der Waals surface area contributed by atoms with E-state index in [4.69, 9.17) is 0 Å². The fourth-order valence-electron chi connectivity index (χ4n) is 4.28. The van der Waals surface area contributed by atoms with Crippen LogP contribution >= 0.6 is 0 Å². The minimum absolute atomic E-state index is 1.12. The number of hydrogen-bond donors (Lipinski definition) is 0. The number of rotatable bonds is 7. The number of benzene rings is 5. The Kier molecular flexibility index (Phi) is 7.20. The number of anilines is 3. The van der Waals surface area contributed by atoms with Crippen LogP contribution in [0.25, 0.3) is 23.3 Å². The molecular weight excluding hydrogens is 434 g/mol. The molecule has 0 spiro atoms. The Hall–Kier alpha value is -4.62. The highest BCUT2D eigenvalue weighted by molar-refractivity contribution is 5.88. The molecule has 5 aromatic carbocycles. The van der Waals surface area contributed by atoms with Crippen LogP contribution in [0.3, 0.4) is 0 Å². The second-order valence-electron chi connectivity index (χ2n) is 8.77. The Morgan fingerprint density at radius 3 is 1.61 bits per heavy atom. The Bertz CT molecular complexity index is 1450. The van der Waals surface area contributed by atoms with Gasteiger partial charge >= 0.3 is 0 Å². The average molecular weight is 464 g/mol. The van der Waals surface area contributed by atoms with Crippen molar-refractivity contribution >= 4 is 29.2 Å². The summed E-state index contributed by atoms with van der Waals surface area (Å²) in [4.78, 5) is 2.34. The molecule has 0 aliphatic rings. The maximum atomic E-state index is 2.34. The second kappa shape index (κ2) is 11.2. The number of nitrogens with zero attached hydrogens (tertiary/aromatic N) is 1. The van der Waals surface area contributed by atoms with Gasteiger partial charge in [0.1, 0.15) is 0 Å². The van der Waals surface area contributed by atoms with Crippen LogP contribution in [0.5, 0.6) is 0 Å². The molecule has 0 saturated carbocycles. The van der Waals surface area contributed by atoms with Gasteiger partial charge in [0.2, 0.25) is 0 Å². The largest absolute Gasteiger partial charge is 0.310 e. The molecule has 0 aliphatic carbocycles. The highest BCUT2D eigenvalue weighted by Gasteiger charge is 2.16. The Balaban J connectivity index is 1.48. The lowest BCUT2D eigenvalue weighted by atomic mass is 10.0. The zero-order valence-corrected chi connectivity index (χ0v) is 20.5. The molecule has 5 rings (SSSR count). The van der Waals surface area contributed by atoms with Gasteiger partial charge in [-0.1, -0.05) is 133 Å². The van der Waals surface area contributed by atoms with Crippen LogP contribution in [-0.2, 0) is 0 Å². The maximum absolute atomic E-state index is 2.34. The van der Waals surface area contributed by atoms with Gasteiger partial charge in [-0.25, -0.2) is 0 Å². The highest BCUT2D eigenvalue weighted by Crippen LogP contribution is 2.40. The van der Waals surface area contributed by atoms with Gasteiger partial charge in [0.05, 0.1) is 5.69 Å². The summed E-state index contributed by atoms with van der Waals surface area (Å²) in [7, 11) is 0. The molecule has 0 radical (unpaired) electrons. The Morgan fingerprint density at radius 1 is 0.472 bits per heavy atom. The first-order valence-electron chi connectivity index (χ1n) is 12.3. The van der Waals surface area contributed by atoms with Crippen molar-refractivity contribution in [1.29, 1.82) is 0 Å². The van der Waals surface area contributed by atoms with Crippen molar-refractivity contribution in [2.45, 2.75) is 6.92 Å². The first-order valence-corrected chi connectivity index (χ1v) is 12.3. The van der Waals surface area contributed by atoms with Crippen LogP contribution in [-0.4, -0.2) is 0 Å². The molecule has 0 heterocycles. The van der Waals surface area contributed by atoms with E-state index in [-0.39, 0.29) is 0 Å². The van der Waals surface area contributed by atoms with Crippen molar-refractivity contribution in [2.75, 3.05) is 4.90 Å². The van der Waals surface area contributed by atoms with Crippen LogP contribution in [0, 0.1) is 6.92 Å². The number of aryl methyl sites for hydroxylation is 1. The van der Waals surface area contributed by atoms with Crippen LogP contribution in [0.1, 0.15) is 16.7 Å². The monoisotopic (exact) mass is 463 g/mol. The number of para-hydroxylation sites is 1. The zero-order valence-electron chi connectivity index (χ0n) is 20.5. The molecule has 0 unspecified atom stereocenters. The smallest absolute Gasteiger partial charge is 0.0540 e. The fourth-order valence-corrected chi connectivity index (χ4v) is 4.28. The van der Waals surface area contributed by atoms with E-state index in [1.165, 1.54) is 22.3 Å². The van der Waals surface area contributed by atoms with Crippen molar-refractivity contribution in [3.05, 3.63) is 162 Å². The maximum Gasteiger partial charge on any atom is 0.0540 e. The summed E-state index contributed by atoms with van der Waals surface area (Å²) < 4.78 is 0. The van der Waals surface area contributed by atoms with Gasteiger partial charge in [-0.15, -0.1) is 0 Å². The molecule has 0 amide bonds. The summed E-state index contributed by atoms with van der Waals surface area (Å²) in [5.74, 6) is 0. The molecule has 0 bridgehead atoms. The summed E-state index contributed by atoms with van der Waals surface area (Å²) >= 11 is 0. The molecule has 5 aromatic rings. The molecule has 0 aromatic heterocycles. The van der Waals surface area contributed by atoms with E-state index in [2.05, 4.69) is 164 Å². The Morgan fingerprint density at radius 2 is 0.972 bits per heavy atom. The van der Waals surface area contributed by atoms with E-state index < -0.39 is 0 Å². The van der Waals surface area contributed by atoms with Gasteiger partial charge in [0.15, 0.2) is 0 Å². The quantitative estimate of drug-likeness (QED) is 0.217. The highest BCUT2D eigenvalue weighted by atomic mass is 15.1. The summed E-state index contributed by atoms with van der Waals surface area (Å²) in [6.45, 7) is 2.12. The molecule has 1 nitrogen and oxygen atoms in total. The third kappa shape index (κ3) is 5.54. The van der Waals surface area contributed by atoms with Crippen LogP contribution in [0.4, 0.5) is 17.1 Å². The lowest BCUT2D eigenvalue weighted by Crippen LogP contribution is -2.11. The van der Waals surface area contributed by atoms with Crippen molar-refractivity contribution < 1.29 is 0 Å². The van der Waals surface area contributed by atoms with E-state index in [1.54, 1.807) is 0 Å². The third-order valence-electron chi connectivity index (χ3n) is 6.16. The van der Waals surface area contributed by atoms with E-state index in [0.29, 0.717) is 0 Å². The summed E-state index contributed by atoms with van der Waals surface area (Å²) in [6, 6.07) is 47.0.